The Morgan fingerprint density at radius 2 is 1.74 bits per heavy atom. The second-order valence-electron chi connectivity index (χ2n) is 5.87. The molecule has 0 spiro atoms. The van der Waals surface area contributed by atoms with Gasteiger partial charge in [0.05, 0.1) is 0 Å². The Labute approximate surface area is 111 Å². The van der Waals surface area contributed by atoms with E-state index >= 15 is 0 Å². The summed E-state index contributed by atoms with van der Waals surface area (Å²) in [7, 11) is 0. The molecule has 1 atom stereocenters. The number of hydrogen-bond donors (Lipinski definition) is 1. The smallest absolute Gasteiger partial charge is 0.410 e. The van der Waals surface area contributed by atoms with Crippen molar-refractivity contribution in [1.82, 2.24) is 4.90 Å². The first-order valence-electron chi connectivity index (χ1n) is 6.31. The largest absolute Gasteiger partial charge is 0.444 e. The summed E-state index contributed by atoms with van der Waals surface area (Å²) in [6.07, 6.45) is -4.36. The van der Waals surface area contributed by atoms with Gasteiger partial charge in [0.25, 0.3) is 0 Å². The molecule has 4 nitrogen and oxygen atoms in total. The van der Waals surface area contributed by atoms with E-state index in [1.807, 2.05) is 0 Å². The SMILES string of the molecule is CC(C)(C)OC(=O)N1CCC(C(N)C(F)(F)F)CC1. The number of nitrogens with zero attached hydrogens (tertiary/aromatic N) is 1. The van der Waals surface area contributed by atoms with Crippen LogP contribution in [0.25, 0.3) is 0 Å². The van der Waals surface area contributed by atoms with E-state index in [0.717, 1.165) is 0 Å². The van der Waals surface area contributed by atoms with E-state index in [-0.39, 0.29) is 25.9 Å². The Kier molecular flexibility index (Phi) is 4.71. The van der Waals surface area contributed by atoms with Gasteiger partial charge in [-0.2, -0.15) is 13.2 Å². The summed E-state index contributed by atoms with van der Waals surface area (Å²) in [6.45, 7) is 5.75. The molecule has 0 aromatic carbocycles. The van der Waals surface area contributed by atoms with Gasteiger partial charge in [-0.15, -0.1) is 0 Å². The molecular formula is C12H21F3N2O2. The molecule has 112 valence electrons. The standard InChI is InChI=1S/C12H21F3N2O2/c1-11(2,3)19-10(18)17-6-4-8(5-7-17)9(16)12(13,14)15/h8-9H,4-7,16H2,1-3H3. The number of halogens is 3. The van der Waals surface area contributed by atoms with E-state index in [1.54, 1.807) is 20.8 Å². The molecule has 0 aromatic heterocycles. The van der Waals surface area contributed by atoms with Gasteiger partial charge in [-0.3, -0.25) is 0 Å². The molecule has 0 bridgehead atoms. The molecule has 19 heavy (non-hydrogen) atoms. The molecule has 1 aliphatic rings. The third-order valence-corrected chi connectivity index (χ3v) is 3.08. The van der Waals surface area contributed by atoms with Crippen LogP contribution in [0.15, 0.2) is 0 Å². The summed E-state index contributed by atoms with van der Waals surface area (Å²) in [5.74, 6) is -0.626. The summed E-state index contributed by atoms with van der Waals surface area (Å²) >= 11 is 0. The van der Waals surface area contributed by atoms with Crippen LogP contribution in [0.3, 0.4) is 0 Å². The van der Waals surface area contributed by atoms with Gasteiger partial charge in [-0.1, -0.05) is 0 Å². The van der Waals surface area contributed by atoms with Crippen LogP contribution in [-0.4, -0.2) is 41.9 Å². The van der Waals surface area contributed by atoms with Gasteiger partial charge in [-0.05, 0) is 39.5 Å². The fourth-order valence-corrected chi connectivity index (χ4v) is 2.03. The first kappa shape index (κ1) is 16.1. The molecule has 1 amide bonds. The minimum Gasteiger partial charge on any atom is -0.444 e. The summed E-state index contributed by atoms with van der Waals surface area (Å²) < 4.78 is 42.6. The number of alkyl halides is 3. The molecule has 1 heterocycles. The Bertz CT molecular complexity index is 318. The van der Waals surface area contributed by atoms with Crippen LogP contribution in [-0.2, 0) is 4.74 Å². The number of ether oxygens (including phenoxy) is 1. The first-order valence-corrected chi connectivity index (χ1v) is 6.31. The van der Waals surface area contributed by atoms with Crippen LogP contribution in [0.1, 0.15) is 33.6 Å². The van der Waals surface area contributed by atoms with Crippen molar-refractivity contribution < 1.29 is 22.7 Å². The predicted octanol–water partition coefficient (Wildman–Crippen LogP) is 2.52. The van der Waals surface area contributed by atoms with Crippen molar-refractivity contribution in [1.29, 1.82) is 0 Å². The third kappa shape index (κ3) is 4.89. The third-order valence-electron chi connectivity index (χ3n) is 3.08. The average molecular weight is 282 g/mol. The number of carbonyl (C=O) groups is 1. The summed E-state index contributed by atoms with van der Waals surface area (Å²) in [5, 5.41) is 0. The molecule has 1 fully saturated rings. The maximum absolute atomic E-state index is 12.5. The number of carbonyl (C=O) groups excluding carboxylic acids is 1. The normalized spacial score (nSPS) is 20.3. The number of amides is 1. The minimum absolute atomic E-state index is 0.250. The molecule has 2 N–H and O–H groups in total. The van der Waals surface area contributed by atoms with Crippen molar-refractivity contribution in [2.45, 2.75) is 51.4 Å². The van der Waals surface area contributed by atoms with Gasteiger partial charge in [0, 0.05) is 13.1 Å². The molecule has 0 aromatic rings. The van der Waals surface area contributed by atoms with Gasteiger partial charge in [0.15, 0.2) is 0 Å². The van der Waals surface area contributed by atoms with Crippen molar-refractivity contribution in [3.63, 3.8) is 0 Å². The van der Waals surface area contributed by atoms with Crippen molar-refractivity contribution >= 4 is 6.09 Å². The second kappa shape index (κ2) is 5.56. The Hall–Kier alpha value is -0.980. The van der Waals surface area contributed by atoms with Crippen LogP contribution in [0.4, 0.5) is 18.0 Å². The van der Waals surface area contributed by atoms with Crippen LogP contribution in [0.2, 0.25) is 0 Å². The van der Waals surface area contributed by atoms with E-state index in [4.69, 9.17) is 10.5 Å². The van der Waals surface area contributed by atoms with Crippen molar-refractivity contribution in [3.8, 4) is 0 Å². The van der Waals surface area contributed by atoms with E-state index in [1.165, 1.54) is 4.90 Å². The lowest BCUT2D eigenvalue weighted by Crippen LogP contribution is -2.49. The highest BCUT2D eigenvalue weighted by atomic mass is 19.4. The molecule has 0 aliphatic carbocycles. The quantitative estimate of drug-likeness (QED) is 0.804. The molecule has 7 heteroatoms. The molecule has 1 saturated heterocycles. The molecule has 1 aliphatic heterocycles. The van der Waals surface area contributed by atoms with Crippen LogP contribution in [0.5, 0.6) is 0 Å². The highest BCUT2D eigenvalue weighted by Gasteiger charge is 2.43. The number of nitrogens with two attached hydrogens (primary N) is 1. The van der Waals surface area contributed by atoms with Gasteiger partial charge < -0.3 is 15.4 Å². The van der Waals surface area contributed by atoms with Crippen molar-refractivity contribution in [2.24, 2.45) is 11.7 Å². The fourth-order valence-electron chi connectivity index (χ4n) is 2.03. The lowest BCUT2D eigenvalue weighted by Gasteiger charge is -2.36. The van der Waals surface area contributed by atoms with Crippen LogP contribution in [0, 0.1) is 5.92 Å². The average Bonchev–Trinajstić information content (AvgIpc) is 2.24. The van der Waals surface area contributed by atoms with Gasteiger partial charge in [0.1, 0.15) is 11.6 Å². The molecule has 0 saturated carbocycles. The van der Waals surface area contributed by atoms with E-state index in [9.17, 15) is 18.0 Å². The van der Waals surface area contributed by atoms with Crippen molar-refractivity contribution in [2.75, 3.05) is 13.1 Å². The summed E-state index contributed by atoms with van der Waals surface area (Å²) in [4.78, 5) is 13.2. The topological polar surface area (TPSA) is 55.6 Å². The molecule has 0 radical (unpaired) electrons. The number of rotatable bonds is 1. The fraction of sp³-hybridized carbons (Fsp3) is 0.917. The first-order chi connectivity index (χ1) is 8.50. The number of hydrogen-bond acceptors (Lipinski definition) is 3. The Balaban J connectivity index is 2.47. The lowest BCUT2D eigenvalue weighted by molar-refractivity contribution is -0.162. The van der Waals surface area contributed by atoms with Crippen LogP contribution >= 0.6 is 0 Å². The molecule has 1 rings (SSSR count). The zero-order chi connectivity index (χ0) is 14.8. The summed E-state index contributed by atoms with van der Waals surface area (Å²) in [6, 6.07) is -1.81. The predicted molar refractivity (Wildman–Crippen MR) is 64.6 cm³/mol. The lowest BCUT2D eigenvalue weighted by atomic mass is 9.90. The van der Waals surface area contributed by atoms with Gasteiger partial charge >= 0.3 is 12.3 Å². The second-order valence-corrected chi connectivity index (χ2v) is 5.87. The number of likely N-dealkylation sites (tertiary alicyclic amines) is 1. The monoisotopic (exact) mass is 282 g/mol. The maximum atomic E-state index is 12.5. The summed E-state index contributed by atoms with van der Waals surface area (Å²) in [5.41, 5.74) is 4.59. The molecular weight excluding hydrogens is 261 g/mol. The van der Waals surface area contributed by atoms with E-state index in [2.05, 4.69) is 0 Å². The van der Waals surface area contributed by atoms with E-state index < -0.39 is 29.8 Å². The Morgan fingerprint density at radius 1 is 1.26 bits per heavy atom. The van der Waals surface area contributed by atoms with Gasteiger partial charge in [0.2, 0.25) is 0 Å². The highest BCUT2D eigenvalue weighted by Crippen LogP contribution is 2.30. The van der Waals surface area contributed by atoms with Crippen molar-refractivity contribution in [3.05, 3.63) is 0 Å². The Morgan fingerprint density at radius 3 is 2.11 bits per heavy atom. The molecule has 1 unspecified atom stereocenters. The minimum atomic E-state index is -4.38. The van der Waals surface area contributed by atoms with E-state index in [0.29, 0.717) is 0 Å². The number of piperidine rings is 1. The van der Waals surface area contributed by atoms with Gasteiger partial charge in [-0.25, -0.2) is 4.79 Å². The highest BCUT2D eigenvalue weighted by molar-refractivity contribution is 5.68. The zero-order valence-corrected chi connectivity index (χ0v) is 11.5. The zero-order valence-electron chi connectivity index (χ0n) is 11.5. The van der Waals surface area contributed by atoms with Crippen LogP contribution < -0.4 is 5.73 Å². The maximum Gasteiger partial charge on any atom is 0.410 e.